The van der Waals surface area contributed by atoms with Crippen LogP contribution in [-0.2, 0) is 14.3 Å². The number of rotatable bonds is 3. The molecule has 17 heavy (non-hydrogen) atoms. The molecular formula is C12H16O5. The normalized spacial score (nSPS) is 46.6. The van der Waals surface area contributed by atoms with E-state index in [1.54, 1.807) is 0 Å². The molecule has 0 aliphatic heterocycles. The van der Waals surface area contributed by atoms with Gasteiger partial charge in [0.25, 0.3) is 6.47 Å². The van der Waals surface area contributed by atoms with Crippen molar-refractivity contribution in [2.24, 2.45) is 17.8 Å². The molecule has 4 bridgehead atoms. The van der Waals surface area contributed by atoms with Crippen molar-refractivity contribution in [1.29, 1.82) is 0 Å². The summed E-state index contributed by atoms with van der Waals surface area (Å²) < 4.78 is 10.3. The van der Waals surface area contributed by atoms with E-state index >= 15 is 0 Å². The molecule has 0 heterocycles. The highest BCUT2D eigenvalue weighted by molar-refractivity contribution is 5.57. The fourth-order valence-corrected chi connectivity index (χ4v) is 4.50. The predicted octanol–water partition coefficient (Wildman–Crippen LogP) is 1.80. The zero-order valence-corrected chi connectivity index (χ0v) is 9.50. The molecule has 4 aliphatic rings. The maximum absolute atomic E-state index is 10.8. The second-order valence-electron chi connectivity index (χ2n) is 5.72. The zero-order valence-electron chi connectivity index (χ0n) is 9.50. The summed E-state index contributed by atoms with van der Waals surface area (Å²) in [5.74, 6) is 1.11. The Hall–Kier alpha value is -1.26. The van der Waals surface area contributed by atoms with Gasteiger partial charge in [0.15, 0.2) is 0 Å². The maximum atomic E-state index is 10.8. The largest absolute Gasteiger partial charge is 0.506 e. The van der Waals surface area contributed by atoms with Crippen molar-refractivity contribution in [2.75, 3.05) is 0 Å². The minimum Gasteiger partial charge on any atom is -0.464 e. The van der Waals surface area contributed by atoms with Gasteiger partial charge in [-0.1, -0.05) is 0 Å². The third kappa shape index (κ3) is 1.68. The third-order valence-corrected chi connectivity index (χ3v) is 4.65. The first-order valence-corrected chi connectivity index (χ1v) is 6.13. The molecule has 1 N–H and O–H groups in total. The van der Waals surface area contributed by atoms with E-state index in [2.05, 4.69) is 0 Å². The van der Waals surface area contributed by atoms with Gasteiger partial charge in [-0.15, -0.1) is 0 Å². The monoisotopic (exact) mass is 240 g/mol. The lowest BCUT2D eigenvalue weighted by atomic mass is 9.53. The van der Waals surface area contributed by atoms with E-state index in [1.807, 2.05) is 0 Å². The molecule has 2 unspecified atom stereocenters. The summed E-state index contributed by atoms with van der Waals surface area (Å²) in [6.45, 7) is 0.525. The Morgan fingerprint density at radius 1 is 1.24 bits per heavy atom. The smallest absolute Gasteiger partial charge is 0.464 e. The Morgan fingerprint density at radius 2 is 1.88 bits per heavy atom. The highest BCUT2D eigenvalue weighted by atomic mass is 16.7. The SMILES string of the molecule is O=COC1C2CC3CC1CC(OC(=O)O)(C3)C2. The maximum Gasteiger partial charge on any atom is 0.506 e. The molecule has 0 saturated heterocycles. The van der Waals surface area contributed by atoms with Crippen LogP contribution in [-0.4, -0.2) is 29.4 Å². The summed E-state index contributed by atoms with van der Waals surface area (Å²) >= 11 is 0. The van der Waals surface area contributed by atoms with Gasteiger partial charge in [-0.25, -0.2) is 4.79 Å². The fraction of sp³-hybridized carbons (Fsp3) is 0.833. The number of carbonyl (C=O) groups is 2. The van der Waals surface area contributed by atoms with Crippen LogP contribution >= 0.6 is 0 Å². The van der Waals surface area contributed by atoms with E-state index in [9.17, 15) is 9.59 Å². The molecule has 5 heteroatoms. The molecule has 4 rings (SSSR count). The van der Waals surface area contributed by atoms with Gasteiger partial charge in [0.1, 0.15) is 11.7 Å². The van der Waals surface area contributed by atoms with E-state index in [1.165, 1.54) is 0 Å². The highest BCUT2D eigenvalue weighted by Crippen LogP contribution is 2.57. The Bertz CT molecular complexity index is 337. The number of carbonyl (C=O) groups excluding carboxylic acids is 1. The van der Waals surface area contributed by atoms with Gasteiger partial charge < -0.3 is 14.6 Å². The summed E-state index contributed by atoms with van der Waals surface area (Å²) in [4.78, 5) is 21.3. The molecule has 0 amide bonds. The van der Waals surface area contributed by atoms with E-state index < -0.39 is 11.8 Å². The summed E-state index contributed by atoms with van der Waals surface area (Å²) in [7, 11) is 0. The van der Waals surface area contributed by atoms with E-state index in [0.717, 1.165) is 19.3 Å². The van der Waals surface area contributed by atoms with Crippen LogP contribution in [0.15, 0.2) is 0 Å². The fourth-order valence-electron chi connectivity index (χ4n) is 4.50. The Morgan fingerprint density at radius 3 is 2.41 bits per heavy atom. The van der Waals surface area contributed by atoms with E-state index in [0.29, 0.717) is 25.2 Å². The van der Waals surface area contributed by atoms with E-state index in [-0.39, 0.29) is 17.9 Å². The minimum absolute atomic E-state index is 0.0189. The van der Waals surface area contributed by atoms with Crippen LogP contribution in [0.5, 0.6) is 0 Å². The lowest BCUT2D eigenvalue weighted by molar-refractivity contribution is -0.194. The summed E-state index contributed by atoms with van der Waals surface area (Å²) in [6, 6.07) is 0. The first-order chi connectivity index (χ1) is 8.12. The standard InChI is InChI=1S/C12H16O5/c13-6-16-10-8-1-7-2-9(10)5-12(3-7,4-8)17-11(14)15/h6-10H,1-5H2,(H,14,15). The molecule has 2 atom stereocenters. The zero-order chi connectivity index (χ0) is 12.0. The lowest BCUT2D eigenvalue weighted by Crippen LogP contribution is -2.58. The Kier molecular flexibility index (Phi) is 2.31. The second kappa shape index (κ2) is 3.62. The second-order valence-corrected chi connectivity index (χ2v) is 5.72. The number of carboxylic acid groups (broad SMARTS) is 1. The van der Waals surface area contributed by atoms with Crippen molar-refractivity contribution in [2.45, 2.75) is 43.8 Å². The molecule has 4 aliphatic carbocycles. The van der Waals surface area contributed by atoms with Gasteiger partial charge >= 0.3 is 6.16 Å². The van der Waals surface area contributed by atoms with Crippen molar-refractivity contribution >= 4 is 12.6 Å². The number of hydrogen-bond donors (Lipinski definition) is 1. The van der Waals surface area contributed by atoms with Crippen molar-refractivity contribution in [3.8, 4) is 0 Å². The topological polar surface area (TPSA) is 72.8 Å². The van der Waals surface area contributed by atoms with Gasteiger partial charge in [0, 0.05) is 11.8 Å². The average molecular weight is 240 g/mol. The molecule has 5 nitrogen and oxygen atoms in total. The van der Waals surface area contributed by atoms with E-state index in [4.69, 9.17) is 14.6 Å². The van der Waals surface area contributed by atoms with Crippen molar-refractivity contribution < 1.29 is 24.2 Å². The summed E-state index contributed by atoms with van der Waals surface area (Å²) in [6.07, 6.45) is 3.16. The number of hydrogen-bond acceptors (Lipinski definition) is 4. The first-order valence-electron chi connectivity index (χ1n) is 6.13. The Labute approximate surface area is 99.1 Å². The van der Waals surface area contributed by atoms with Gasteiger partial charge in [-0.05, 0) is 38.0 Å². The lowest BCUT2D eigenvalue weighted by Gasteiger charge is -2.57. The van der Waals surface area contributed by atoms with Crippen molar-refractivity contribution in [3.05, 3.63) is 0 Å². The highest BCUT2D eigenvalue weighted by Gasteiger charge is 2.58. The van der Waals surface area contributed by atoms with Gasteiger partial charge in [-0.2, -0.15) is 0 Å². The molecule has 0 aromatic carbocycles. The van der Waals surface area contributed by atoms with Gasteiger partial charge in [0.05, 0.1) is 0 Å². The molecule has 0 radical (unpaired) electrons. The molecular weight excluding hydrogens is 224 g/mol. The molecule has 0 spiro atoms. The van der Waals surface area contributed by atoms with Crippen LogP contribution in [0.2, 0.25) is 0 Å². The van der Waals surface area contributed by atoms with Crippen LogP contribution in [0.1, 0.15) is 32.1 Å². The average Bonchev–Trinajstić information content (AvgIpc) is 2.20. The quantitative estimate of drug-likeness (QED) is 0.601. The predicted molar refractivity (Wildman–Crippen MR) is 56.3 cm³/mol. The van der Waals surface area contributed by atoms with Crippen LogP contribution in [0.4, 0.5) is 4.79 Å². The van der Waals surface area contributed by atoms with Crippen molar-refractivity contribution in [1.82, 2.24) is 0 Å². The molecule has 94 valence electrons. The van der Waals surface area contributed by atoms with Gasteiger partial charge in [-0.3, -0.25) is 4.79 Å². The van der Waals surface area contributed by atoms with Crippen LogP contribution in [0, 0.1) is 17.8 Å². The number of ether oxygens (including phenoxy) is 2. The van der Waals surface area contributed by atoms with Crippen LogP contribution in [0.3, 0.4) is 0 Å². The molecule has 0 aromatic heterocycles. The van der Waals surface area contributed by atoms with Gasteiger partial charge in [0.2, 0.25) is 0 Å². The molecule has 0 aromatic rings. The van der Waals surface area contributed by atoms with Crippen molar-refractivity contribution in [3.63, 3.8) is 0 Å². The minimum atomic E-state index is -1.18. The van der Waals surface area contributed by atoms with Crippen LogP contribution in [0.25, 0.3) is 0 Å². The first kappa shape index (κ1) is 10.9. The molecule has 4 saturated carbocycles. The Balaban J connectivity index is 1.81. The molecule has 4 fully saturated rings. The summed E-state index contributed by atoms with van der Waals surface area (Å²) in [5.41, 5.74) is -0.495. The van der Waals surface area contributed by atoms with Crippen LogP contribution < -0.4 is 0 Å². The summed E-state index contributed by atoms with van der Waals surface area (Å²) in [5, 5.41) is 8.83. The third-order valence-electron chi connectivity index (χ3n) is 4.65.